The van der Waals surface area contributed by atoms with Crippen LogP contribution < -0.4 is 5.32 Å². The Morgan fingerprint density at radius 3 is 2.45 bits per heavy atom. The molecule has 0 saturated carbocycles. The van der Waals surface area contributed by atoms with Crippen molar-refractivity contribution in [2.45, 2.75) is 19.9 Å². The van der Waals surface area contributed by atoms with Crippen molar-refractivity contribution in [3.63, 3.8) is 0 Å². The van der Waals surface area contributed by atoms with Crippen LogP contribution in [0.2, 0.25) is 0 Å². The highest BCUT2D eigenvalue weighted by Gasteiger charge is 2.22. The van der Waals surface area contributed by atoms with E-state index < -0.39 is 4.92 Å². The molecule has 1 aromatic rings. The first-order chi connectivity index (χ1) is 13.5. The zero-order valence-corrected chi connectivity index (χ0v) is 18.9. The monoisotopic (exact) mass is 517 g/mol. The molecule has 2 saturated heterocycles. The van der Waals surface area contributed by atoms with Crippen LogP contribution in [0.3, 0.4) is 0 Å². The molecule has 0 aliphatic carbocycles. The summed E-state index contributed by atoms with van der Waals surface area (Å²) in [5.41, 5.74) is 0.990. The van der Waals surface area contributed by atoms with Crippen molar-refractivity contribution >= 4 is 41.5 Å². The Labute approximate surface area is 187 Å². The van der Waals surface area contributed by atoms with Crippen molar-refractivity contribution in [2.75, 3.05) is 45.9 Å². The zero-order chi connectivity index (χ0) is 19.9. The lowest BCUT2D eigenvalue weighted by atomic mass is 10.1. The van der Waals surface area contributed by atoms with Crippen molar-refractivity contribution in [1.82, 2.24) is 15.1 Å². The van der Waals surface area contributed by atoms with Crippen molar-refractivity contribution in [3.05, 3.63) is 39.9 Å². The smallest absolute Gasteiger partial charge is 0.269 e. The first-order valence-corrected chi connectivity index (χ1v) is 9.63. The summed E-state index contributed by atoms with van der Waals surface area (Å²) >= 11 is 0. The number of halogens is 1. The molecule has 1 aromatic carbocycles. The van der Waals surface area contributed by atoms with E-state index in [0.717, 1.165) is 50.8 Å². The molecule has 9 nitrogen and oxygen atoms in total. The number of amides is 1. The van der Waals surface area contributed by atoms with Gasteiger partial charge in [0.15, 0.2) is 5.96 Å². The number of nitro benzene ring substituents is 1. The third kappa shape index (κ3) is 6.81. The molecule has 2 aliphatic heterocycles. The van der Waals surface area contributed by atoms with Gasteiger partial charge in [-0.25, -0.2) is 4.99 Å². The maximum Gasteiger partial charge on any atom is 0.269 e. The zero-order valence-electron chi connectivity index (χ0n) is 16.6. The number of nitrogens with one attached hydrogen (secondary N) is 1. The standard InChI is InChI=1S/C19H27N5O4.HI/c1-15(25)22-7-9-23(10-8-22)19(21-13-17-6-11-28-14-17)20-12-16-2-4-18(5-3-16)24(26)27;/h2-5,17H,6-14H2,1H3,(H,20,21);1H. The van der Waals surface area contributed by atoms with E-state index in [-0.39, 0.29) is 35.6 Å². The molecule has 0 spiro atoms. The van der Waals surface area contributed by atoms with Crippen molar-refractivity contribution in [3.8, 4) is 0 Å². The van der Waals surface area contributed by atoms with Crippen LogP contribution >= 0.6 is 24.0 Å². The Morgan fingerprint density at radius 2 is 1.90 bits per heavy atom. The molecular weight excluding hydrogens is 489 g/mol. The largest absolute Gasteiger partial charge is 0.381 e. The Hall–Kier alpha value is -1.95. The Morgan fingerprint density at radius 1 is 1.24 bits per heavy atom. The summed E-state index contributed by atoms with van der Waals surface area (Å²) in [6.45, 7) is 7.22. The van der Waals surface area contributed by atoms with E-state index in [1.54, 1.807) is 19.1 Å². The number of non-ortho nitro benzene ring substituents is 1. The number of piperazine rings is 1. The van der Waals surface area contributed by atoms with E-state index in [0.29, 0.717) is 25.6 Å². The molecule has 1 unspecified atom stereocenters. The number of nitro groups is 1. The number of nitrogens with zero attached hydrogens (tertiary/aromatic N) is 4. The fourth-order valence-electron chi connectivity index (χ4n) is 3.37. The second-order valence-electron chi connectivity index (χ2n) is 7.17. The van der Waals surface area contributed by atoms with Gasteiger partial charge in [-0.2, -0.15) is 0 Å². The van der Waals surface area contributed by atoms with Crippen LogP contribution in [0.4, 0.5) is 5.69 Å². The summed E-state index contributed by atoms with van der Waals surface area (Å²) in [7, 11) is 0. The summed E-state index contributed by atoms with van der Waals surface area (Å²) < 4.78 is 5.44. The van der Waals surface area contributed by atoms with E-state index in [2.05, 4.69) is 10.2 Å². The lowest BCUT2D eigenvalue weighted by Crippen LogP contribution is -2.54. The number of hydrogen-bond donors (Lipinski definition) is 1. The summed E-state index contributed by atoms with van der Waals surface area (Å²) in [4.78, 5) is 30.7. The fraction of sp³-hybridized carbons (Fsp3) is 0.579. The number of carbonyl (C=O) groups is 1. The Balaban J connectivity index is 0.00000300. The van der Waals surface area contributed by atoms with Gasteiger partial charge in [-0.3, -0.25) is 14.9 Å². The third-order valence-corrected chi connectivity index (χ3v) is 5.16. The van der Waals surface area contributed by atoms with Gasteiger partial charge in [0.05, 0.1) is 18.1 Å². The SMILES string of the molecule is CC(=O)N1CCN(C(=NCc2ccc([N+](=O)[O-])cc2)NCC2CCOC2)CC1.I. The van der Waals surface area contributed by atoms with E-state index in [1.807, 2.05) is 4.90 Å². The molecule has 0 radical (unpaired) electrons. The van der Waals surface area contributed by atoms with Crippen molar-refractivity contribution in [2.24, 2.45) is 10.9 Å². The highest BCUT2D eigenvalue weighted by Crippen LogP contribution is 2.14. The number of guanidine groups is 1. The van der Waals surface area contributed by atoms with Gasteiger partial charge in [0.25, 0.3) is 5.69 Å². The molecular formula is C19H28IN5O4. The number of hydrogen-bond acceptors (Lipinski definition) is 5. The average molecular weight is 517 g/mol. The van der Waals surface area contributed by atoms with Crippen molar-refractivity contribution in [1.29, 1.82) is 0 Å². The molecule has 1 N–H and O–H groups in total. The lowest BCUT2D eigenvalue weighted by Gasteiger charge is -2.36. The van der Waals surface area contributed by atoms with Gasteiger partial charge in [-0.1, -0.05) is 12.1 Å². The molecule has 1 atom stereocenters. The van der Waals surface area contributed by atoms with Crippen LogP contribution in [0.5, 0.6) is 0 Å². The van der Waals surface area contributed by atoms with Crippen LogP contribution in [0.15, 0.2) is 29.3 Å². The van der Waals surface area contributed by atoms with Crippen LogP contribution in [-0.4, -0.2) is 72.5 Å². The second-order valence-corrected chi connectivity index (χ2v) is 7.17. The predicted molar refractivity (Wildman–Crippen MR) is 120 cm³/mol. The number of carbonyl (C=O) groups excluding carboxylic acids is 1. The van der Waals surface area contributed by atoms with E-state index in [4.69, 9.17) is 9.73 Å². The molecule has 2 aliphatic rings. The van der Waals surface area contributed by atoms with E-state index >= 15 is 0 Å². The highest BCUT2D eigenvalue weighted by molar-refractivity contribution is 14.0. The number of rotatable bonds is 5. The maximum atomic E-state index is 11.6. The number of benzene rings is 1. The molecule has 3 rings (SSSR count). The minimum absolute atomic E-state index is 0. The second kappa shape index (κ2) is 11.3. The topological polar surface area (TPSA) is 100 Å². The van der Waals surface area contributed by atoms with Gasteiger partial charge in [0.1, 0.15) is 0 Å². The molecule has 0 aromatic heterocycles. The van der Waals surface area contributed by atoms with Crippen LogP contribution in [0, 0.1) is 16.0 Å². The molecule has 10 heteroatoms. The summed E-state index contributed by atoms with van der Waals surface area (Å²) in [6, 6.07) is 6.47. The minimum Gasteiger partial charge on any atom is -0.381 e. The van der Waals surface area contributed by atoms with Crippen LogP contribution in [-0.2, 0) is 16.1 Å². The molecule has 0 bridgehead atoms. The van der Waals surface area contributed by atoms with Gasteiger partial charge in [-0.05, 0) is 12.0 Å². The first-order valence-electron chi connectivity index (χ1n) is 9.63. The Kier molecular flexibility index (Phi) is 9.08. The van der Waals surface area contributed by atoms with E-state index in [1.165, 1.54) is 12.1 Å². The van der Waals surface area contributed by atoms with Crippen molar-refractivity contribution < 1.29 is 14.5 Å². The normalized spacial score (nSPS) is 19.6. The summed E-state index contributed by atoms with van der Waals surface area (Å²) in [5, 5.41) is 14.3. The average Bonchev–Trinajstić information content (AvgIpc) is 3.22. The molecule has 2 heterocycles. The number of ether oxygens (including phenoxy) is 1. The fourth-order valence-corrected chi connectivity index (χ4v) is 3.37. The highest BCUT2D eigenvalue weighted by atomic mass is 127. The van der Waals surface area contributed by atoms with Crippen LogP contribution in [0.25, 0.3) is 0 Å². The third-order valence-electron chi connectivity index (χ3n) is 5.16. The predicted octanol–water partition coefficient (Wildman–Crippen LogP) is 1.86. The quantitative estimate of drug-likeness (QED) is 0.211. The molecule has 29 heavy (non-hydrogen) atoms. The Bertz CT molecular complexity index is 714. The number of aliphatic imine (C=N–C) groups is 1. The first kappa shape index (κ1) is 23.3. The van der Waals surface area contributed by atoms with Gasteiger partial charge in [0, 0.05) is 64.3 Å². The summed E-state index contributed by atoms with van der Waals surface area (Å²) in [5.74, 6) is 1.39. The van der Waals surface area contributed by atoms with Gasteiger partial charge in [0.2, 0.25) is 5.91 Å². The van der Waals surface area contributed by atoms with E-state index in [9.17, 15) is 14.9 Å². The molecule has 160 valence electrons. The summed E-state index contributed by atoms with van der Waals surface area (Å²) in [6.07, 6.45) is 1.04. The van der Waals surface area contributed by atoms with Gasteiger partial charge >= 0.3 is 0 Å². The molecule has 2 fully saturated rings. The maximum absolute atomic E-state index is 11.6. The minimum atomic E-state index is -0.405. The lowest BCUT2D eigenvalue weighted by molar-refractivity contribution is -0.384. The molecule has 1 amide bonds. The van der Waals surface area contributed by atoms with Gasteiger partial charge in [-0.15, -0.1) is 24.0 Å². The van der Waals surface area contributed by atoms with Gasteiger partial charge < -0.3 is 19.9 Å². The van der Waals surface area contributed by atoms with Crippen LogP contribution in [0.1, 0.15) is 18.9 Å².